The molecule has 0 aromatic carbocycles. The van der Waals surface area contributed by atoms with Gasteiger partial charge in [0.2, 0.25) is 0 Å². The van der Waals surface area contributed by atoms with Crippen LogP contribution in [-0.2, 0) is 6.54 Å². The summed E-state index contributed by atoms with van der Waals surface area (Å²) in [6, 6.07) is 1.90. The molecule has 17 heavy (non-hydrogen) atoms. The van der Waals surface area contributed by atoms with Crippen molar-refractivity contribution < 1.29 is 0 Å². The van der Waals surface area contributed by atoms with Crippen LogP contribution in [0, 0.1) is 0 Å². The van der Waals surface area contributed by atoms with E-state index in [1.807, 2.05) is 6.07 Å². The number of nitrogen functional groups attached to an aromatic ring is 1. The highest BCUT2D eigenvalue weighted by Gasteiger charge is 2.30. The van der Waals surface area contributed by atoms with Crippen LogP contribution in [0.15, 0.2) is 18.6 Å². The lowest BCUT2D eigenvalue weighted by Crippen LogP contribution is -2.02. The minimum absolute atomic E-state index is 0.613. The van der Waals surface area contributed by atoms with Crippen molar-refractivity contribution in [3.8, 4) is 0 Å². The second-order valence-corrected chi connectivity index (χ2v) is 4.91. The highest BCUT2D eigenvalue weighted by Crippen LogP contribution is 2.47. The van der Waals surface area contributed by atoms with Crippen molar-refractivity contribution in [2.45, 2.75) is 25.3 Å². The van der Waals surface area contributed by atoms with Gasteiger partial charge in [-0.15, -0.1) is 0 Å². The standard InChI is InChI=1S/C11H13N5S/c12-10-9(7-1-2-7)11(17-16-10)14-5-8-3-4-13-6-15-8/h3-4,6-7,14H,1-2,5H2,(H2,12,16). The second-order valence-electron chi connectivity index (χ2n) is 4.14. The summed E-state index contributed by atoms with van der Waals surface area (Å²) in [5.41, 5.74) is 8.05. The minimum Gasteiger partial charge on any atom is -0.383 e. The van der Waals surface area contributed by atoms with Gasteiger partial charge in [-0.3, -0.25) is 0 Å². The molecule has 3 N–H and O–H groups in total. The van der Waals surface area contributed by atoms with Crippen molar-refractivity contribution in [1.29, 1.82) is 0 Å². The van der Waals surface area contributed by atoms with Crippen molar-refractivity contribution in [3.63, 3.8) is 0 Å². The summed E-state index contributed by atoms with van der Waals surface area (Å²) in [5, 5.41) is 4.44. The van der Waals surface area contributed by atoms with Gasteiger partial charge in [0.1, 0.15) is 17.1 Å². The first-order chi connectivity index (χ1) is 8.34. The predicted molar refractivity (Wildman–Crippen MR) is 67.9 cm³/mol. The monoisotopic (exact) mass is 247 g/mol. The Morgan fingerprint density at radius 3 is 3.06 bits per heavy atom. The van der Waals surface area contributed by atoms with Crippen LogP contribution in [0.2, 0.25) is 0 Å². The van der Waals surface area contributed by atoms with Crippen LogP contribution in [0.3, 0.4) is 0 Å². The second kappa shape index (κ2) is 4.29. The first-order valence-corrected chi connectivity index (χ1v) is 6.35. The van der Waals surface area contributed by atoms with Gasteiger partial charge in [-0.05, 0) is 36.4 Å². The number of anilines is 2. The predicted octanol–water partition coefficient (Wildman–Crippen LogP) is 2.00. The number of nitrogens with one attached hydrogen (secondary N) is 1. The first kappa shape index (κ1) is 10.5. The van der Waals surface area contributed by atoms with E-state index in [0.717, 1.165) is 10.7 Å². The van der Waals surface area contributed by atoms with Crippen molar-refractivity contribution in [2.24, 2.45) is 0 Å². The van der Waals surface area contributed by atoms with Crippen LogP contribution in [0.4, 0.5) is 10.8 Å². The minimum atomic E-state index is 0.613. The summed E-state index contributed by atoms with van der Waals surface area (Å²) >= 11 is 1.43. The van der Waals surface area contributed by atoms with Gasteiger partial charge in [0.05, 0.1) is 12.2 Å². The number of nitrogens with zero attached hydrogens (tertiary/aromatic N) is 3. The fourth-order valence-electron chi connectivity index (χ4n) is 1.80. The van der Waals surface area contributed by atoms with E-state index >= 15 is 0 Å². The Hall–Kier alpha value is -1.69. The molecule has 1 aliphatic rings. The van der Waals surface area contributed by atoms with Gasteiger partial charge in [-0.1, -0.05) is 0 Å². The van der Waals surface area contributed by atoms with Crippen molar-refractivity contribution in [3.05, 3.63) is 29.8 Å². The highest BCUT2D eigenvalue weighted by atomic mass is 32.1. The molecule has 2 aromatic rings. The Morgan fingerprint density at radius 2 is 2.35 bits per heavy atom. The van der Waals surface area contributed by atoms with Crippen LogP contribution in [-0.4, -0.2) is 14.3 Å². The quantitative estimate of drug-likeness (QED) is 0.864. The molecule has 2 heterocycles. The van der Waals surface area contributed by atoms with Crippen LogP contribution in [0.1, 0.15) is 30.0 Å². The molecular weight excluding hydrogens is 234 g/mol. The van der Waals surface area contributed by atoms with Gasteiger partial charge in [-0.25, -0.2) is 9.97 Å². The third-order valence-corrected chi connectivity index (χ3v) is 3.65. The van der Waals surface area contributed by atoms with E-state index in [4.69, 9.17) is 5.73 Å². The van der Waals surface area contributed by atoms with Crippen LogP contribution in [0.25, 0.3) is 0 Å². The van der Waals surface area contributed by atoms with Crippen LogP contribution >= 0.6 is 11.5 Å². The first-order valence-electron chi connectivity index (χ1n) is 5.58. The molecule has 0 atom stereocenters. The molecule has 1 aliphatic carbocycles. The lowest BCUT2D eigenvalue weighted by molar-refractivity contribution is 1.00. The van der Waals surface area contributed by atoms with Crippen molar-refractivity contribution >= 4 is 22.4 Å². The summed E-state index contributed by atoms with van der Waals surface area (Å²) in [6.45, 7) is 0.684. The maximum Gasteiger partial charge on any atom is 0.142 e. The average molecular weight is 247 g/mol. The molecule has 2 aromatic heterocycles. The summed E-state index contributed by atoms with van der Waals surface area (Å²) in [6.07, 6.45) is 5.75. The lowest BCUT2D eigenvalue weighted by atomic mass is 10.2. The summed E-state index contributed by atoms with van der Waals surface area (Å²) in [5.74, 6) is 1.30. The maximum absolute atomic E-state index is 5.88. The molecule has 0 saturated heterocycles. The van der Waals surface area contributed by atoms with E-state index in [1.54, 1.807) is 12.5 Å². The zero-order valence-electron chi connectivity index (χ0n) is 9.26. The average Bonchev–Trinajstić information content (AvgIpc) is 3.12. The smallest absolute Gasteiger partial charge is 0.142 e. The largest absolute Gasteiger partial charge is 0.383 e. The zero-order chi connectivity index (χ0) is 11.7. The van der Waals surface area contributed by atoms with Crippen molar-refractivity contribution in [2.75, 3.05) is 11.1 Å². The van der Waals surface area contributed by atoms with E-state index in [9.17, 15) is 0 Å². The Morgan fingerprint density at radius 1 is 1.47 bits per heavy atom. The number of hydrogen-bond acceptors (Lipinski definition) is 6. The molecule has 0 bridgehead atoms. The van der Waals surface area contributed by atoms with Gasteiger partial charge >= 0.3 is 0 Å². The molecule has 0 amide bonds. The summed E-state index contributed by atoms with van der Waals surface area (Å²) < 4.78 is 4.21. The van der Waals surface area contributed by atoms with Gasteiger partial charge in [0.25, 0.3) is 0 Å². The fraction of sp³-hybridized carbons (Fsp3) is 0.364. The molecule has 1 fully saturated rings. The summed E-state index contributed by atoms with van der Waals surface area (Å²) in [7, 11) is 0. The van der Waals surface area contributed by atoms with Gasteiger partial charge in [-0.2, -0.15) is 4.37 Å². The SMILES string of the molecule is Nc1nsc(NCc2ccncn2)c1C1CC1. The van der Waals surface area contributed by atoms with E-state index < -0.39 is 0 Å². The number of hydrogen-bond donors (Lipinski definition) is 2. The van der Waals surface area contributed by atoms with Gasteiger partial charge in [0, 0.05) is 11.8 Å². The normalized spacial score (nSPS) is 14.8. The molecule has 6 heteroatoms. The molecule has 1 saturated carbocycles. The molecule has 0 unspecified atom stereocenters. The third-order valence-electron chi connectivity index (χ3n) is 2.81. The Kier molecular flexibility index (Phi) is 2.64. The van der Waals surface area contributed by atoms with Crippen molar-refractivity contribution in [1.82, 2.24) is 14.3 Å². The zero-order valence-corrected chi connectivity index (χ0v) is 10.1. The van der Waals surface area contributed by atoms with E-state index in [1.165, 1.54) is 29.9 Å². The van der Waals surface area contributed by atoms with E-state index in [0.29, 0.717) is 18.3 Å². The van der Waals surface area contributed by atoms with Crippen LogP contribution in [0.5, 0.6) is 0 Å². The Labute approximate surface area is 103 Å². The van der Waals surface area contributed by atoms with Crippen LogP contribution < -0.4 is 11.1 Å². The number of aromatic nitrogens is 3. The van der Waals surface area contributed by atoms with Gasteiger partial charge in [0.15, 0.2) is 0 Å². The molecule has 3 rings (SSSR count). The molecule has 0 radical (unpaired) electrons. The van der Waals surface area contributed by atoms with Gasteiger partial charge < -0.3 is 11.1 Å². The third kappa shape index (κ3) is 2.21. The van der Waals surface area contributed by atoms with E-state index in [-0.39, 0.29) is 0 Å². The highest BCUT2D eigenvalue weighted by molar-refractivity contribution is 7.10. The van der Waals surface area contributed by atoms with E-state index in [2.05, 4.69) is 19.7 Å². The topological polar surface area (TPSA) is 76.7 Å². The molecular formula is C11H13N5S. The molecule has 88 valence electrons. The summed E-state index contributed by atoms with van der Waals surface area (Å²) in [4.78, 5) is 8.06. The Bertz CT molecular complexity index is 506. The number of rotatable bonds is 4. The fourth-order valence-corrected chi connectivity index (χ4v) is 2.59. The Balaban J connectivity index is 1.73. The molecule has 0 aliphatic heterocycles. The molecule has 0 spiro atoms. The lowest BCUT2D eigenvalue weighted by Gasteiger charge is -2.05. The number of nitrogens with two attached hydrogens (primary N) is 1. The maximum atomic E-state index is 5.88. The molecule has 5 nitrogen and oxygen atoms in total.